The zero-order chi connectivity index (χ0) is 16.9. The van der Waals surface area contributed by atoms with Crippen molar-refractivity contribution < 1.29 is 9.90 Å². The van der Waals surface area contributed by atoms with E-state index in [0.717, 1.165) is 41.0 Å². The molecule has 1 aliphatic heterocycles. The van der Waals surface area contributed by atoms with E-state index in [1.807, 2.05) is 25.1 Å². The molecule has 4 rings (SSSR count). The summed E-state index contributed by atoms with van der Waals surface area (Å²) in [6.07, 6.45) is 0.958. The highest BCUT2D eigenvalue weighted by molar-refractivity contribution is 7.18. The third-order valence-electron chi connectivity index (χ3n) is 3.66. The lowest BCUT2D eigenvalue weighted by Crippen LogP contribution is -2.30. The molecule has 2 N–H and O–H groups in total. The summed E-state index contributed by atoms with van der Waals surface area (Å²) >= 11 is 1.64. The Morgan fingerprint density at radius 1 is 1.29 bits per heavy atom. The summed E-state index contributed by atoms with van der Waals surface area (Å²) in [5.41, 5.74) is 3.52. The normalized spacial score (nSPS) is 13.0. The molecule has 8 heteroatoms. The minimum atomic E-state index is -0.250. The van der Waals surface area contributed by atoms with E-state index >= 15 is 0 Å². The van der Waals surface area contributed by atoms with Gasteiger partial charge < -0.3 is 15.0 Å². The van der Waals surface area contributed by atoms with Gasteiger partial charge in [0.05, 0.1) is 17.9 Å². The summed E-state index contributed by atoms with van der Waals surface area (Å²) in [5, 5.41) is 17.5. The van der Waals surface area contributed by atoms with Gasteiger partial charge in [0.1, 0.15) is 10.8 Å². The van der Waals surface area contributed by atoms with Crippen molar-refractivity contribution in [2.45, 2.75) is 19.9 Å². The Kier molecular flexibility index (Phi) is 4.85. The Bertz CT molecular complexity index is 815. The maximum Gasteiger partial charge on any atom is 0.290 e. The summed E-state index contributed by atoms with van der Waals surface area (Å²) in [5.74, 6) is 0.990. The number of benzene rings is 1. The monoisotopic (exact) mass is 343 g/mol. The molecule has 2 aromatic heterocycles. The van der Waals surface area contributed by atoms with Crippen LogP contribution in [0.25, 0.3) is 10.6 Å². The SMILES string of the molecule is Cc1nc2c([nH]1)CN(c1nnc(-c3ccccc3)s1)CC2.O=CO. The molecular weight excluding hydrogens is 326 g/mol. The van der Waals surface area contributed by atoms with E-state index in [0.29, 0.717) is 0 Å². The molecule has 0 atom stereocenters. The van der Waals surface area contributed by atoms with Crippen LogP contribution in [0.5, 0.6) is 0 Å². The van der Waals surface area contributed by atoms with Gasteiger partial charge in [-0.05, 0) is 6.92 Å². The summed E-state index contributed by atoms with van der Waals surface area (Å²) < 4.78 is 0. The van der Waals surface area contributed by atoms with Gasteiger partial charge in [-0.3, -0.25) is 4.79 Å². The number of imidazole rings is 1. The van der Waals surface area contributed by atoms with E-state index in [-0.39, 0.29) is 6.47 Å². The van der Waals surface area contributed by atoms with E-state index in [4.69, 9.17) is 9.90 Å². The molecule has 7 nitrogen and oxygen atoms in total. The number of rotatable bonds is 2. The van der Waals surface area contributed by atoms with Crippen molar-refractivity contribution in [3.63, 3.8) is 0 Å². The smallest absolute Gasteiger partial charge is 0.290 e. The maximum atomic E-state index is 8.36. The number of fused-ring (bicyclic) bond motifs is 1. The molecule has 0 aliphatic carbocycles. The molecule has 1 aliphatic rings. The van der Waals surface area contributed by atoms with Gasteiger partial charge >= 0.3 is 0 Å². The average Bonchev–Trinajstić information content (AvgIpc) is 3.21. The van der Waals surface area contributed by atoms with Gasteiger partial charge in [-0.25, -0.2) is 4.98 Å². The highest BCUT2D eigenvalue weighted by atomic mass is 32.1. The first-order valence-electron chi connectivity index (χ1n) is 7.47. The van der Waals surface area contributed by atoms with Crippen LogP contribution < -0.4 is 4.90 Å². The fourth-order valence-corrected chi connectivity index (χ4v) is 3.52. The van der Waals surface area contributed by atoms with E-state index in [1.165, 1.54) is 11.4 Å². The Balaban J connectivity index is 0.000000526. The number of anilines is 1. The van der Waals surface area contributed by atoms with Crippen LogP contribution in [-0.2, 0) is 17.8 Å². The van der Waals surface area contributed by atoms with Crippen LogP contribution in [0, 0.1) is 6.92 Å². The minimum absolute atomic E-state index is 0.250. The Hall–Kier alpha value is -2.74. The molecule has 0 unspecified atom stereocenters. The van der Waals surface area contributed by atoms with Crippen molar-refractivity contribution in [2.75, 3.05) is 11.4 Å². The zero-order valence-electron chi connectivity index (χ0n) is 13.1. The number of nitrogens with zero attached hydrogens (tertiary/aromatic N) is 4. The van der Waals surface area contributed by atoms with Gasteiger partial charge in [-0.2, -0.15) is 0 Å². The van der Waals surface area contributed by atoms with Gasteiger partial charge in [0.2, 0.25) is 5.13 Å². The van der Waals surface area contributed by atoms with Crippen LogP contribution in [0.1, 0.15) is 17.2 Å². The lowest BCUT2D eigenvalue weighted by Gasteiger charge is -2.24. The van der Waals surface area contributed by atoms with Crippen LogP contribution in [0.15, 0.2) is 30.3 Å². The second-order valence-electron chi connectivity index (χ2n) is 5.28. The van der Waals surface area contributed by atoms with Gasteiger partial charge in [-0.1, -0.05) is 41.7 Å². The maximum absolute atomic E-state index is 8.36. The summed E-state index contributed by atoms with van der Waals surface area (Å²) in [6, 6.07) is 10.2. The molecule has 3 heterocycles. The lowest BCUT2D eigenvalue weighted by molar-refractivity contribution is -0.122. The van der Waals surface area contributed by atoms with Crippen LogP contribution in [0.2, 0.25) is 0 Å². The van der Waals surface area contributed by atoms with Crippen LogP contribution in [-0.4, -0.2) is 38.3 Å². The third-order valence-corrected chi connectivity index (χ3v) is 4.69. The first-order chi connectivity index (χ1) is 11.7. The number of nitrogens with one attached hydrogen (secondary N) is 1. The molecule has 1 aromatic carbocycles. The highest BCUT2D eigenvalue weighted by Gasteiger charge is 2.22. The van der Waals surface area contributed by atoms with Crippen molar-refractivity contribution in [3.8, 4) is 10.6 Å². The van der Waals surface area contributed by atoms with Crippen LogP contribution in [0.4, 0.5) is 5.13 Å². The number of aryl methyl sites for hydroxylation is 1. The van der Waals surface area contributed by atoms with Gasteiger partial charge in [0.25, 0.3) is 6.47 Å². The molecule has 24 heavy (non-hydrogen) atoms. The number of aromatic nitrogens is 4. The number of H-pyrrole nitrogens is 1. The zero-order valence-corrected chi connectivity index (χ0v) is 14.0. The summed E-state index contributed by atoms with van der Waals surface area (Å²) in [4.78, 5) is 18.5. The Labute approximate surface area is 143 Å². The summed E-state index contributed by atoms with van der Waals surface area (Å²) in [6.45, 7) is 3.53. The predicted octanol–water partition coefficient (Wildman–Crippen LogP) is 2.50. The van der Waals surface area contributed by atoms with E-state index in [2.05, 4.69) is 37.2 Å². The molecule has 0 saturated heterocycles. The first kappa shape index (κ1) is 16.1. The van der Waals surface area contributed by atoms with Crippen LogP contribution >= 0.6 is 11.3 Å². The van der Waals surface area contributed by atoms with Crippen molar-refractivity contribution in [3.05, 3.63) is 47.5 Å². The predicted molar refractivity (Wildman–Crippen MR) is 92.1 cm³/mol. The van der Waals surface area contributed by atoms with E-state index in [1.54, 1.807) is 11.3 Å². The second kappa shape index (κ2) is 7.22. The van der Waals surface area contributed by atoms with Crippen molar-refractivity contribution in [1.29, 1.82) is 0 Å². The highest BCUT2D eigenvalue weighted by Crippen LogP contribution is 2.30. The minimum Gasteiger partial charge on any atom is -0.483 e. The number of hydrogen-bond donors (Lipinski definition) is 2. The molecule has 0 bridgehead atoms. The first-order valence-corrected chi connectivity index (χ1v) is 8.29. The molecule has 0 fully saturated rings. The number of carbonyl (C=O) groups is 1. The van der Waals surface area contributed by atoms with Crippen LogP contribution in [0.3, 0.4) is 0 Å². The average molecular weight is 343 g/mol. The van der Waals surface area contributed by atoms with Gasteiger partial charge in [-0.15, -0.1) is 10.2 Å². The molecule has 0 amide bonds. The van der Waals surface area contributed by atoms with Gasteiger partial charge in [0.15, 0.2) is 0 Å². The molecular formula is C16H17N5O2S. The Morgan fingerprint density at radius 2 is 2.04 bits per heavy atom. The number of aromatic amines is 1. The van der Waals surface area contributed by atoms with Crippen molar-refractivity contribution in [1.82, 2.24) is 20.2 Å². The second-order valence-corrected chi connectivity index (χ2v) is 6.24. The molecule has 0 spiro atoms. The lowest BCUT2D eigenvalue weighted by atomic mass is 10.1. The fourth-order valence-electron chi connectivity index (χ4n) is 2.64. The van der Waals surface area contributed by atoms with Gasteiger partial charge in [0, 0.05) is 18.5 Å². The molecule has 0 radical (unpaired) electrons. The largest absolute Gasteiger partial charge is 0.483 e. The quantitative estimate of drug-likeness (QED) is 0.694. The number of hydrogen-bond acceptors (Lipinski definition) is 6. The fraction of sp³-hybridized carbons (Fsp3) is 0.250. The Morgan fingerprint density at radius 3 is 2.79 bits per heavy atom. The van der Waals surface area contributed by atoms with Crippen molar-refractivity contribution >= 4 is 22.9 Å². The standard InChI is InChI=1S/C15H15N5S.CH2O2/c1-10-16-12-7-8-20(9-13(12)17-10)15-19-18-14(21-15)11-5-3-2-4-6-11;2-1-3/h2-6H,7-9H2,1H3,(H,16,17);1H,(H,2,3). The van der Waals surface area contributed by atoms with Crippen molar-refractivity contribution in [2.24, 2.45) is 0 Å². The molecule has 3 aromatic rings. The molecule has 0 saturated carbocycles. The topological polar surface area (TPSA) is 95.0 Å². The summed E-state index contributed by atoms with van der Waals surface area (Å²) in [7, 11) is 0. The number of carboxylic acid groups (broad SMARTS) is 1. The van der Waals surface area contributed by atoms with E-state index < -0.39 is 0 Å². The molecule has 124 valence electrons. The third kappa shape index (κ3) is 3.43. The van der Waals surface area contributed by atoms with E-state index in [9.17, 15) is 0 Å².